The second-order valence-corrected chi connectivity index (χ2v) is 6.00. The molecule has 0 bridgehead atoms. The standard InChI is InChI=1S/C18H23NO2/c1-2-4-14-5-3-6-15(11-14)19-9-7-17(8-10-19)21-18-12-16(20)13-18/h3,5-6,11,16-18,20H,7-10,12-13H2,1H3. The average molecular weight is 285 g/mol. The van der Waals surface area contributed by atoms with Crippen LogP contribution in [0.25, 0.3) is 0 Å². The van der Waals surface area contributed by atoms with Gasteiger partial charge in [0.15, 0.2) is 0 Å². The van der Waals surface area contributed by atoms with E-state index in [4.69, 9.17) is 4.74 Å². The van der Waals surface area contributed by atoms with Gasteiger partial charge < -0.3 is 14.7 Å². The van der Waals surface area contributed by atoms with Crippen molar-refractivity contribution < 1.29 is 9.84 Å². The van der Waals surface area contributed by atoms with E-state index in [1.807, 2.05) is 6.92 Å². The van der Waals surface area contributed by atoms with Gasteiger partial charge in [-0.25, -0.2) is 0 Å². The quantitative estimate of drug-likeness (QED) is 0.866. The first-order valence-electron chi connectivity index (χ1n) is 7.86. The summed E-state index contributed by atoms with van der Waals surface area (Å²) in [5.41, 5.74) is 2.34. The SMILES string of the molecule is CC#Cc1cccc(N2CCC(OC3CC(O)C3)CC2)c1. The summed E-state index contributed by atoms with van der Waals surface area (Å²) in [6, 6.07) is 8.45. The zero-order valence-electron chi connectivity index (χ0n) is 12.6. The number of hydrogen-bond acceptors (Lipinski definition) is 3. The normalized spacial score (nSPS) is 25.9. The Morgan fingerprint density at radius 3 is 2.62 bits per heavy atom. The molecule has 1 aliphatic carbocycles. The Hall–Kier alpha value is -1.50. The van der Waals surface area contributed by atoms with Gasteiger partial charge in [0.2, 0.25) is 0 Å². The molecule has 0 radical (unpaired) electrons. The summed E-state index contributed by atoms with van der Waals surface area (Å²) in [6.07, 6.45) is 4.29. The first kappa shape index (κ1) is 14.4. The fourth-order valence-electron chi connectivity index (χ4n) is 3.10. The van der Waals surface area contributed by atoms with Gasteiger partial charge in [0.1, 0.15) is 0 Å². The lowest BCUT2D eigenvalue weighted by Crippen LogP contribution is -2.42. The molecule has 0 aromatic heterocycles. The van der Waals surface area contributed by atoms with Gasteiger partial charge in [-0.3, -0.25) is 0 Å². The fraction of sp³-hybridized carbons (Fsp3) is 0.556. The van der Waals surface area contributed by atoms with Gasteiger partial charge in [-0.2, -0.15) is 0 Å². The topological polar surface area (TPSA) is 32.7 Å². The van der Waals surface area contributed by atoms with Gasteiger partial charge in [0.05, 0.1) is 18.3 Å². The molecule has 0 amide bonds. The number of benzene rings is 1. The van der Waals surface area contributed by atoms with Crippen molar-refractivity contribution in [1.82, 2.24) is 0 Å². The molecule has 1 aliphatic heterocycles. The van der Waals surface area contributed by atoms with Crippen molar-refractivity contribution in [2.24, 2.45) is 0 Å². The molecule has 2 fully saturated rings. The lowest BCUT2D eigenvalue weighted by Gasteiger charge is -2.39. The third-order valence-corrected chi connectivity index (χ3v) is 4.38. The van der Waals surface area contributed by atoms with E-state index >= 15 is 0 Å². The summed E-state index contributed by atoms with van der Waals surface area (Å²) >= 11 is 0. The van der Waals surface area contributed by atoms with Crippen LogP contribution in [0, 0.1) is 11.8 Å². The Bertz CT molecular complexity index is 532. The molecular weight excluding hydrogens is 262 g/mol. The van der Waals surface area contributed by atoms with E-state index in [1.54, 1.807) is 0 Å². The van der Waals surface area contributed by atoms with Crippen molar-refractivity contribution >= 4 is 5.69 Å². The van der Waals surface area contributed by atoms with Crippen molar-refractivity contribution in [1.29, 1.82) is 0 Å². The summed E-state index contributed by atoms with van der Waals surface area (Å²) in [4.78, 5) is 2.41. The molecule has 112 valence electrons. The largest absolute Gasteiger partial charge is 0.393 e. The lowest BCUT2D eigenvalue weighted by molar-refractivity contribution is -0.108. The second kappa shape index (κ2) is 6.51. The molecule has 1 N–H and O–H groups in total. The zero-order valence-corrected chi connectivity index (χ0v) is 12.6. The number of ether oxygens (including phenoxy) is 1. The number of piperidine rings is 1. The van der Waals surface area contributed by atoms with Crippen molar-refractivity contribution in [3.8, 4) is 11.8 Å². The second-order valence-electron chi connectivity index (χ2n) is 6.00. The monoisotopic (exact) mass is 285 g/mol. The minimum atomic E-state index is -0.127. The number of nitrogens with zero attached hydrogens (tertiary/aromatic N) is 1. The third-order valence-electron chi connectivity index (χ3n) is 4.38. The van der Waals surface area contributed by atoms with Crippen LogP contribution in [0.5, 0.6) is 0 Å². The molecule has 2 aliphatic rings. The molecular formula is C18H23NO2. The van der Waals surface area contributed by atoms with E-state index in [9.17, 15) is 5.11 Å². The van der Waals surface area contributed by atoms with Crippen LogP contribution in [0.4, 0.5) is 5.69 Å². The van der Waals surface area contributed by atoms with Crippen LogP contribution in [0.3, 0.4) is 0 Å². The Balaban J connectivity index is 1.52. The Morgan fingerprint density at radius 1 is 1.19 bits per heavy atom. The average Bonchev–Trinajstić information content (AvgIpc) is 2.47. The first-order chi connectivity index (χ1) is 10.2. The number of aliphatic hydroxyl groups excluding tert-OH is 1. The molecule has 1 saturated carbocycles. The van der Waals surface area contributed by atoms with Gasteiger partial charge in [-0.05, 0) is 50.8 Å². The summed E-state index contributed by atoms with van der Waals surface area (Å²) in [7, 11) is 0. The molecule has 1 saturated heterocycles. The predicted molar refractivity (Wildman–Crippen MR) is 84.3 cm³/mol. The molecule has 1 aromatic rings. The maximum atomic E-state index is 9.31. The molecule has 0 spiro atoms. The van der Waals surface area contributed by atoms with Crippen molar-refractivity contribution in [3.63, 3.8) is 0 Å². The molecule has 3 rings (SSSR count). The highest BCUT2D eigenvalue weighted by molar-refractivity contribution is 5.52. The molecule has 3 nitrogen and oxygen atoms in total. The lowest BCUT2D eigenvalue weighted by atomic mass is 9.91. The zero-order chi connectivity index (χ0) is 14.7. The summed E-state index contributed by atoms with van der Waals surface area (Å²) in [5.74, 6) is 6.07. The number of anilines is 1. The number of hydrogen-bond donors (Lipinski definition) is 1. The summed E-state index contributed by atoms with van der Waals surface area (Å²) in [6.45, 7) is 3.93. The van der Waals surface area contributed by atoms with E-state index in [-0.39, 0.29) is 6.10 Å². The van der Waals surface area contributed by atoms with E-state index in [0.29, 0.717) is 12.2 Å². The molecule has 3 heteroatoms. The first-order valence-corrected chi connectivity index (χ1v) is 7.86. The van der Waals surface area contributed by atoms with Crippen LogP contribution in [-0.2, 0) is 4.74 Å². The van der Waals surface area contributed by atoms with Crippen molar-refractivity contribution in [2.45, 2.75) is 50.9 Å². The molecule has 21 heavy (non-hydrogen) atoms. The minimum Gasteiger partial charge on any atom is -0.393 e. The molecule has 0 atom stereocenters. The Labute approximate surface area is 126 Å². The Morgan fingerprint density at radius 2 is 1.95 bits per heavy atom. The van der Waals surface area contributed by atoms with E-state index < -0.39 is 0 Å². The van der Waals surface area contributed by atoms with E-state index in [2.05, 4.69) is 41.0 Å². The van der Waals surface area contributed by atoms with Gasteiger partial charge in [-0.1, -0.05) is 12.0 Å². The number of aliphatic hydroxyl groups is 1. The highest BCUT2D eigenvalue weighted by atomic mass is 16.5. The highest BCUT2D eigenvalue weighted by Gasteiger charge is 2.31. The maximum absolute atomic E-state index is 9.31. The van der Waals surface area contributed by atoms with Gasteiger partial charge in [0, 0.05) is 24.3 Å². The fourth-order valence-corrected chi connectivity index (χ4v) is 3.10. The van der Waals surface area contributed by atoms with E-state index in [1.165, 1.54) is 5.69 Å². The van der Waals surface area contributed by atoms with Gasteiger partial charge >= 0.3 is 0 Å². The minimum absolute atomic E-state index is 0.127. The third kappa shape index (κ3) is 3.58. The molecule has 0 unspecified atom stereocenters. The van der Waals surface area contributed by atoms with Crippen LogP contribution in [0.1, 0.15) is 38.2 Å². The van der Waals surface area contributed by atoms with Crippen molar-refractivity contribution in [3.05, 3.63) is 29.8 Å². The van der Waals surface area contributed by atoms with Crippen LogP contribution in [0.2, 0.25) is 0 Å². The molecule has 1 aromatic carbocycles. The van der Waals surface area contributed by atoms with E-state index in [0.717, 1.165) is 44.3 Å². The smallest absolute Gasteiger partial charge is 0.0628 e. The molecule has 1 heterocycles. The highest BCUT2D eigenvalue weighted by Crippen LogP contribution is 2.28. The van der Waals surface area contributed by atoms with Crippen LogP contribution in [0.15, 0.2) is 24.3 Å². The summed E-state index contributed by atoms with van der Waals surface area (Å²) in [5, 5.41) is 9.31. The Kier molecular flexibility index (Phi) is 4.48. The predicted octanol–water partition coefficient (Wildman–Crippen LogP) is 2.57. The van der Waals surface area contributed by atoms with Crippen molar-refractivity contribution in [2.75, 3.05) is 18.0 Å². The summed E-state index contributed by atoms with van der Waals surface area (Å²) < 4.78 is 6.04. The maximum Gasteiger partial charge on any atom is 0.0628 e. The van der Waals surface area contributed by atoms with Crippen LogP contribution < -0.4 is 4.90 Å². The van der Waals surface area contributed by atoms with Crippen LogP contribution in [-0.4, -0.2) is 36.5 Å². The number of rotatable bonds is 3. The van der Waals surface area contributed by atoms with Gasteiger partial charge in [0.25, 0.3) is 0 Å². The van der Waals surface area contributed by atoms with Crippen LogP contribution >= 0.6 is 0 Å². The van der Waals surface area contributed by atoms with Gasteiger partial charge in [-0.15, -0.1) is 5.92 Å².